The Labute approximate surface area is 208 Å². The molecule has 1 aliphatic heterocycles. The van der Waals surface area contributed by atoms with Crippen LogP contribution in [-0.2, 0) is 32.1 Å². The number of ether oxygens (including phenoxy) is 1. The van der Waals surface area contributed by atoms with Gasteiger partial charge in [-0.3, -0.25) is 14.4 Å². The normalized spacial score (nSPS) is 17.3. The fraction of sp³-hybridized carbons (Fsp3) is 0.346. The first-order chi connectivity index (χ1) is 16.3. The van der Waals surface area contributed by atoms with Crippen LogP contribution in [0.5, 0.6) is 0 Å². The molecule has 3 aromatic rings. The van der Waals surface area contributed by atoms with Gasteiger partial charge in [0.15, 0.2) is 0 Å². The second kappa shape index (κ2) is 10.2. The molecule has 4 rings (SSSR count). The number of thiophene rings is 1. The van der Waals surface area contributed by atoms with Crippen molar-refractivity contribution >= 4 is 50.8 Å². The van der Waals surface area contributed by atoms with Crippen molar-refractivity contribution in [1.29, 1.82) is 0 Å². The largest absolute Gasteiger partial charge is 0.464 e. The molecule has 8 heteroatoms. The van der Waals surface area contributed by atoms with Crippen LogP contribution in [0.3, 0.4) is 0 Å². The maximum absolute atomic E-state index is 13.7. The third-order valence-electron chi connectivity index (χ3n) is 6.32. The Morgan fingerprint density at radius 2 is 1.88 bits per heavy atom. The molecule has 6 nitrogen and oxygen atoms in total. The fourth-order valence-corrected chi connectivity index (χ4v) is 5.40. The Hall–Kier alpha value is -2.90. The van der Waals surface area contributed by atoms with Gasteiger partial charge < -0.3 is 14.5 Å². The molecule has 1 saturated heterocycles. The first kappa shape index (κ1) is 24.2. The highest BCUT2D eigenvalue weighted by atomic mass is 35.5. The van der Waals surface area contributed by atoms with E-state index in [1.54, 1.807) is 33.3 Å². The van der Waals surface area contributed by atoms with Crippen molar-refractivity contribution in [3.63, 3.8) is 0 Å². The number of benzene rings is 2. The number of halogens is 1. The second-order valence-electron chi connectivity index (χ2n) is 8.70. The van der Waals surface area contributed by atoms with Crippen LogP contribution < -0.4 is 0 Å². The van der Waals surface area contributed by atoms with Gasteiger partial charge in [0, 0.05) is 29.7 Å². The Morgan fingerprint density at radius 1 is 1.15 bits per heavy atom. The molecule has 0 aliphatic carbocycles. The molecule has 0 N–H and O–H groups in total. The third kappa shape index (κ3) is 5.10. The molecule has 1 fully saturated rings. The fourth-order valence-electron chi connectivity index (χ4n) is 4.31. The van der Waals surface area contributed by atoms with E-state index >= 15 is 0 Å². The minimum atomic E-state index is -0.925. The molecular formula is C26H27ClN2O4S. The summed E-state index contributed by atoms with van der Waals surface area (Å²) < 4.78 is 6.24. The average Bonchev–Trinajstić information content (AvgIpc) is 3.20. The van der Waals surface area contributed by atoms with E-state index in [1.807, 2.05) is 48.7 Å². The molecule has 1 aromatic heterocycles. The van der Waals surface area contributed by atoms with Crippen LogP contribution >= 0.6 is 22.9 Å². The number of rotatable bonds is 8. The van der Waals surface area contributed by atoms with Crippen LogP contribution in [0, 0.1) is 0 Å². The molecule has 1 atom stereocenters. The van der Waals surface area contributed by atoms with Gasteiger partial charge in [-0.15, -0.1) is 11.3 Å². The topological polar surface area (TPSA) is 66.9 Å². The first-order valence-electron chi connectivity index (χ1n) is 11.2. The lowest BCUT2D eigenvalue weighted by atomic mass is 9.84. The van der Waals surface area contributed by atoms with Crippen LogP contribution in [0.4, 0.5) is 0 Å². The van der Waals surface area contributed by atoms with Gasteiger partial charge in [-0.05, 0) is 53.4 Å². The first-order valence-corrected chi connectivity index (χ1v) is 12.5. The molecule has 2 amide bonds. The SMILES string of the molecule is CC(=O)OCCN(Cc1ccc(Cl)cc1)C(=O)C1(C)CCN1C(=O)Cc1csc2ccccc12. The average molecular weight is 499 g/mol. The minimum Gasteiger partial charge on any atom is -0.464 e. The predicted octanol–water partition coefficient (Wildman–Crippen LogP) is 4.68. The molecule has 0 saturated carbocycles. The molecule has 1 aliphatic rings. The van der Waals surface area contributed by atoms with Crippen molar-refractivity contribution in [2.75, 3.05) is 19.7 Å². The van der Waals surface area contributed by atoms with Gasteiger partial charge in [0.05, 0.1) is 13.0 Å². The highest BCUT2D eigenvalue weighted by Gasteiger charge is 2.50. The Balaban J connectivity index is 1.50. The maximum atomic E-state index is 13.7. The molecule has 34 heavy (non-hydrogen) atoms. The van der Waals surface area contributed by atoms with Crippen LogP contribution in [-0.4, -0.2) is 52.8 Å². The summed E-state index contributed by atoms with van der Waals surface area (Å²) in [4.78, 5) is 41.5. The van der Waals surface area contributed by atoms with Crippen molar-refractivity contribution in [2.24, 2.45) is 0 Å². The van der Waals surface area contributed by atoms with Crippen molar-refractivity contribution in [3.05, 3.63) is 70.1 Å². The number of esters is 1. The van der Waals surface area contributed by atoms with Crippen molar-refractivity contribution in [3.8, 4) is 0 Å². The quantitative estimate of drug-likeness (QED) is 0.423. The van der Waals surface area contributed by atoms with Crippen molar-refractivity contribution < 1.29 is 19.1 Å². The zero-order valence-corrected chi connectivity index (χ0v) is 20.8. The van der Waals surface area contributed by atoms with Gasteiger partial charge in [0.2, 0.25) is 11.8 Å². The Morgan fingerprint density at radius 3 is 2.56 bits per heavy atom. The van der Waals surface area contributed by atoms with E-state index in [4.69, 9.17) is 16.3 Å². The van der Waals surface area contributed by atoms with E-state index in [2.05, 4.69) is 0 Å². The van der Waals surface area contributed by atoms with Gasteiger partial charge in [0.1, 0.15) is 12.1 Å². The number of fused-ring (bicyclic) bond motifs is 1. The molecule has 0 radical (unpaired) electrons. The summed E-state index contributed by atoms with van der Waals surface area (Å²) in [5.41, 5.74) is 0.970. The predicted molar refractivity (Wildman–Crippen MR) is 134 cm³/mol. The van der Waals surface area contributed by atoms with Gasteiger partial charge in [-0.25, -0.2) is 0 Å². The highest BCUT2D eigenvalue weighted by Crippen LogP contribution is 2.35. The Kier molecular flexibility index (Phi) is 7.24. The molecule has 0 spiro atoms. The zero-order chi connectivity index (χ0) is 24.3. The summed E-state index contributed by atoms with van der Waals surface area (Å²) in [6.07, 6.45) is 0.851. The van der Waals surface area contributed by atoms with E-state index in [9.17, 15) is 14.4 Å². The highest BCUT2D eigenvalue weighted by molar-refractivity contribution is 7.17. The number of likely N-dealkylation sites (tertiary alicyclic amines) is 1. The van der Waals surface area contributed by atoms with Gasteiger partial charge in [-0.2, -0.15) is 0 Å². The molecule has 2 heterocycles. The lowest BCUT2D eigenvalue weighted by Gasteiger charge is -2.51. The van der Waals surface area contributed by atoms with Crippen LogP contribution in [0.2, 0.25) is 5.02 Å². The van der Waals surface area contributed by atoms with E-state index in [0.717, 1.165) is 21.2 Å². The Bertz CT molecular complexity index is 1210. The van der Waals surface area contributed by atoms with Gasteiger partial charge in [0.25, 0.3) is 0 Å². The van der Waals surface area contributed by atoms with Crippen LogP contribution in [0.1, 0.15) is 31.4 Å². The van der Waals surface area contributed by atoms with E-state index < -0.39 is 11.5 Å². The van der Waals surface area contributed by atoms with E-state index in [1.165, 1.54) is 6.92 Å². The standard InChI is InChI=1S/C26H27ClN2O4S/c1-18(30)33-14-13-28(16-19-7-9-21(27)10-8-19)25(32)26(2)11-12-29(26)24(31)15-20-17-34-23-6-4-3-5-22(20)23/h3-10,17H,11-16H2,1-2H3. The monoisotopic (exact) mass is 498 g/mol. The van der Waals surface area contributed by atoms with Crippen LogP contribution in [0.25, 0.3) is 10.1 Å². The summed E-state index contributed by atoms with van der Waals surface area (Å²) >= 11 is 7.62. The minimum absolute atomic E-state index is 0.0583. The number of hydrogen-bond acceptors (Lipinski definition) is 5. The number of carbonyl (C=O) groups excluding carboxylic acids is 3. The number of nitrogens with zero attached hydrogens (tertiary/aromatic N) is 2. The summed E-state index contributed by atoms with van der Waals surface area (Å²) in [6.45, 7) is 4.38. The van der Waals surface area contributed by atoms with Gasteiger partial charge in [-0.1, -0.05) is 41.9 Å². The summed E-state index contributed by atoms with van der Waals surface area (Å²) in [5, 5.41) is 3.72. The van der Waals surface area contributed by atoms with E-state index in [0.29, 0.717) is 24.5 Å². The number of amides is 2. The van der Waals surface area contributed by atoms with Crippen LogP contribution in [0.15, 0.2) is 53.9 Å². The second-order valence-corrected chi connectivity index (χ2v) is 10.0. The third-order valence-corrected chi connectivity index (χ3v) is 7.59. The summed E-state index contributed by atoms with van der Waals surface area (Å²) in [5.74, 6) is -0.602. The lowest BCUT2D eigenvalue weighted by molar-refractivity contribution is -0.165. The molecule has 2 aromatic carbocycles. The van der Waals surface area contributed by atoms with E-state index in [-0.39, 0.29) is 31.4 Å². The zero-order valence-electron chi connectivity index (χ0n) is 19.3. The smallest absolute Gasteiger partial charge is 0.302 e. The van der Waals surface area contributed by atoms with Gasteiger partial charge >= 0.3 is 5.97 Å². The molecular weight excluding hydrogens is 472 g/mol. The summed E-state index contributed by atoms with van der Waals surface area (Å²) in [6, 6.07) is 15.3. The summed E-state index contributed by atoms with van der Waals surface area (Å²) in [7, 11) is 0. The van der Waals surface area contributed by atoms with Crippen molar-refractivity contribution in [1.82, 2.24) is 9.80 Å². The number of carbonyl (C=O) groups is 3. The molecule has 1 unspecified atom stereocenters. The number of hydrogen-bond donors (Lipinski definition) is 0. The molecule has 0 bridgehead atoms. The molecule has 178 valence electrons. The van der Waals surface area contributed by atoms with Crippen molar-refractivity contribution in [2.45, 2.75) is 38.8 Å². The maximum Gasteiger partial charge on any atom is 0.302 e. The lowest BCUT2D eigenvalue weighted by Crippen LogP contribution is -2.68.